The summed E-state index contributed by atoms with van der Waals surface area (Å²) in [5.74, 6) is 1.01. The van der Waals surface area contributed by atoms with Gasteiger partial charge in [0.1, 0.15) is 0 Å². The van der Waals surface area contributed by atoms with Crippen LogP contribution in [0.5, 0.6) is 0 Å². The molecule has 5 N–H and O–H groups in total. The maximum atomic E-state index is 12.7. The molecule has 4 rings (SSSR count). The standard InChI is InChI=1S/C22H39N5O3.C6H13N/c1-3-26(21(13-23)16-8-10-18(11-9-16)27(29)30)15(2)14-24-22(28)20-12-17-6-4-5-7-19(17)25-20;1-6-4-2-3-5-7-6/h13,15-20,25H,3-12,14,23H2,1-2H3,(H,24,28);6-7H,2-5H2,1H3/b21-13-;. The fourth-order valence-electron chi connectivity index (χ4n) is 6.83. The van der Waals surface area contributed by atoms with Crippen LogP contribution in [0.25, 0.3) is 0 Å². The Morgan fingerprint density at radius 1 is 1.14 bits per heavy atom. The first-order valence-electron chi connectivity index (χ1n) is 14.9. The van der Waals surface area contributed by atoms with Gasteiger partial charge >= 0.3 is 0 Å². The van der Waals surface area contributed by atoms with Crippen LogP contribution in [0.1, 0.15) is 97.8 Å². The first-order valence-corrected chi connectivity index (χ1v) is 14.9. The van der Waals surface area contributed by atoms with Gasteiger partial charge in [0.05, 0.1) is 6.04 Å². The smallest absolute Gasteiger partial charge is 0.237 e. The van der Waals surface area contributed by atoms with Crippen LogP contribution in [0.4, 0.5) is 0 Å². The van der Waals surface area contributed by atoms with Crippen LogP contribution < -0.4 is 21.7 Å². The van der Waals surface area contributed by atoms with Crippen molar-refractivity contribution < 1.29 is 9.72 Å². The molecule has 1 amide bonds. The third-order valence-electron chi connectivity index (χ3n) is 9.10. The van der Waals surface area contributed by atoms with Gasteiger partial charge in [-0.3, -0.25) is 14.9 Å². The molecule has 2 aliphatic carbocycles. The van der Waals surface area contributed by atoms with Crippen LogP contribution in [-0.2, 0) is 4.79 Å². The van der Waals surface area contributed by atoms with Gasteiger partial charge in [0.15, 0.2) is 0 Å². The molecular weight excluding hydrogens is 468 g/mol. The lowest BCUT2D eigenvalue weighted by Gasteiger charge is -2.38. The van der Waals surface area contributed by atoms with Crippen LogP contribution in [0.3, 0.4) is 0 Å². The number of carbonyl (C=O) groups excluding carboxylic acids is 1. The maximum Gasteiger partial charge on any atom is 0.237 e. The Bertz CT molecular complexity index is 734. The van der Waals surface area contributed by atoms with Crippen LogP contribution in [0.2, 0.25) is 0 Å². The molecule has 4 fully saturated rings. The van der Waals surface area contributed by atoms with E-state index >= 15 is 0 Å². The molecule has 0 radical (unpaired) electrons. The van der Waals surface area contributed by atoms with Crippen LogP contribution in [0.15, 0.2) is 11.9 Å². The minimum Gasteiger partial charge on any atom is -0.403 e. The highest BCUT2D eigenvalue weighted by Crippen LogP contribution is 2.34. The summed E-state index contributed by atoms with van der Waals surface area (Å²) in [6.45, 7) is 9.05. The number of amides is 1. The van der Waals surface area contributed by atoms with Gasteiger partial charge in [-0.2, -0.15) is 0 Å². The quantitative estimate of drug-likeness (QED) is 0.285. The van der Waals surface area contributed by atoms with Gasteiger partial charge in [0.25, 0.3) is 0 Å². The maximum absolute atomic E-state index is 12.7. The molecule has 0 bridgehead atoms. The Hall–Kier alpha value is -1.87. The number of nitrogens with zero attached hydrogens (tertiary/aromatic N) is 2. The number of piperidine rings is 1. The van der Waals surface area contributed by atoms with Crippen molar-refractivity contribution in [1.29, 1.82) is 0 Å². The number of hydrogen-bond acceptors (Lipinski definition) is 7. The number of nitrogens with two attached hydrogens (primary N) is 1. The van der Waals surface area contributed by atoms with E-state index in [1.165, 1.54) is 51.5 Å². The number of carbonyl (C=O) groups is 1. The molecule has 5 unspecified atom stereocenters. The Morgan fingerprint density at radius 3 is 2.38 bits per heavy atom. The average molecular weight is 521 g/mol. The fraction of sp³-hybridized carbons (Fsp3) is 0.893. The predicted octanol–water partition coefficient (Wildman–Crippen LogP) is 3.52. The zero-order chi connectivity index (χ0) is 26.8. The summed E-state index contributed by atoms with van der Waals surface area (Å²) in [6, 6.07) is 0.927. The van der Waals surface area contributed by atoms with E-state index in [9.17, 15) is 14.9 Å². The van der Waals surface area contributed by atoms with Gasteiger partial charge in [-0.05, 0) is 78.2 Å². The van der Waals surface area contributed by atoms with Gasteiger partial charge in [-0.25, -0.2) is 0 Å². The molecule has 5 atom stereocenters. The highest BCUT2D eigenvalue weighted by Gasteiger charge is 2.38. The molecular formula is C28H52N6O3. The third kappa shape index (κ3) is 8.57. The SMILES string of the molecule is CC1CCCCN1.CCN(/C(=C\N)C1CCC([N+](=O)[O-])CC1)C(C)CNC(=O)C1CC2CCCCC2N1. The third-order valence-corrected chi connectivity index (χ3v) is 9.10. The van der Waals surface area contributed by atoms with Crippen LogP contribution in [0, 0.1) is 22.0 Å². The molecule has 2 saturated heterocycles. The summed E-state index contributed by atoms with van der Waals surface area (Å²) >= 11 is 0. The van der Waals surface area contributed by atoms with E-state index in [0.717, 1.165) is 37.5 Å². The highest BCUT2D eigenvalue weighted by molar-refractivity contribution is 5.82. The topological polar surface area (TPSA) is 126 Å². The zero-order valence-corrected chi connectivity index (χ0v) is 23.4. The van der Waals surface area contributed by atoms with Crippen LogP contribution in [-0.4, -0.2) is 65.6 Å². The molecule has 9 heteroatoms. The van der Waals surface area contributed by atoms with Crippen molar-refractivity contribution in [2.24, 2.45) is 17.6 Å². The number of fused-ring (bicyclic) bond motifs is 1. The van der Waals surface area contributed by atoms with Gasteiger partial charge in [0.2, 0.25) is 11.9 Å². The summed E-state index contributed by atoms with van der Waals surface area (Å²) in [5.41, 5.74) is 7.06. The van der Waals surface area contributed by atoms with Gasteiger partial charge < -0.3 is 26.6 Å². The number of likely N-dealkylation sites (N-methyl/N-ethyl adjacent to an activating group) is 1. The summed E-state index contributed by atoms with van der Waals surface area (Å²) < 4.78 is 0. The van der Waals surface area contributed by atoms with E-state index < -0.39 is 6.04 Å². The molecule has 2 heterocycles. The van der Waals surface area contributed by atoms with Crippen molar-refractivity contribution in [2.45, 2.75) is 128 Å². The first kappa shape index (κ1) is 29.7. The van der Waals surface area contributed by atoms with Crippen molar-refractivity contribution in [2.75, 3.05) is 19.6 Å². The Kier molecular flexibility index (Phi) is 12.0. The van der Waals surface area contributed by atoms with Crippen molar-refractivity contribution in [3.05, 3.63) is 22.0 Å². The molecule has 9 nitrogen and oxygen atoms in total. The summed E-state index contributed by atoms with van der Waals surface area (Å²) in [7, 11) is 0. The zero-order valence-electron chi connectivity index (χ0n) is 23.4. The monoisotopic (exact) mass is 520 g/mol. The molecule has 0 aromatic rings. The summed E-state index contributed by atoms with van der Waals surface area (Å²) in [4.78, 5) is 25.9. The van der Waals surface area contributed by atoms with Crippen molar-refractivity contribution in [1.82, 2.24) is 20.9 Å². The lowest BCUT2D eigenvalue weighted by molar-refractivity contribution is -0.526. The molecule has 4 aliphatic rings. The van der Waals surface area contributed by atoms with Gasteiger partial charge in [-0.15, -0.1) is 0 Å². The van der Waals surface area contributed by atoms with E-state index in [2.05, 4.69) is 41.6 Å². The molecule has 0 aromatic carbocycles. The fourth-order valence-corrected chi connectivity index (χ4v) is 6.83. The summed E-state index contributed by atoms with van der Waals surface area (Å²) in [6.07, 6.45) is 14.6. The second-order valence-electron chi connectivity index (χ2n) is 11.7. The molecule has 37 heavy (non-hydrogen) atoms. The molecule has 0 aromatic heterocycles. The molecule has 0 spiro atoms. The highest BCUT2D eigenvalue weighted by atomic mass is 16.6. The summed E-state index contributed by atoms with van der Waals surface area (Å²) in [5, 5.41) is 21.1. The Morgan fingerprint density at radius 2 is 1.84 bits per heavy atom. The van der Waals surface area contributed by atoms with Crippen molar-refractivity contribution in [3.8, 4) is 0 Å². The van der Waals surface area contributed by atoms with E-state index in [4.69, 9.17) is 5.73 Å². The minimum atomic E-state index is -0.422. The largest absolute Gasteiger partial charge is 0.403 e. The van der Waals surface area contributed by atoms with E-state index in [0.29, 0.717) is 31.3 Å². The number of allylic oxidation sites excluding steroid dienone is 1. The lowest BCUT2D eigenvalue weighted by atomic mass is 9.83. The van der Waals surface area contributed by atoms with Gasteiger partial charge in [0, 0.05) is 66.8 Å². The second-order valence-corrected chi connectivity index (χ2v) is 11.7. The number of rotatable bonds is 8. The molecule has 2 saturated carbocycles. The van der Waals surface area contributed by atoms with E-state index in [1.807, 2.05) is 0 Å². The normalized spacial score (nSPS) is 32.9. The van der Waals surface area contributed by atoms with E-state index in [1.54, 1.807) is 6.20 Å². The number of hydrogen-bond donors (Lipinski definition) is 4. The van der Waals surface area contributed by atoms with Crippen LogP contribution >= 0.6 is 0 Å². The van der Waals surface area contributed by atoms with Gasteiger partial charge in [-0.1, -0.05) is 19.3 Å². The molecule has 212 valence electrons. The van der Waals surface area contributed by atoms with Crippen molar-refractivity contribution in [3.63, 3.8) is 0 Å². The van der Waals surface area contributed by atoms with Crippen molar-refractivity contribution >= 4 is 5.91 Å². The first-order chi connectivity index (χ1) is 17.8. The Labute approximate surface area is 223 Å². The number of nitro groups is 1. The predicted molar refractivity (Wildman–Crippen MR) is 148 cm³/mol. The average Bonchev–Trinajstić information content (AvgIpc) is 3.35. The second kappa shape index (κ2) is 14.9. The number of nitrogens with one attached hydrogen (secondary N) is 3. The minimum absolute atomic E-state index is 0.0673. The lowest BCUT2D eigenvalue weighted by Crippen LogP contribution is -2.48. The van der Waals surface area contributed by atoms with E-state index in [-0.39, 0.29) is 28.8 Å². The molecule has 2 aliphatic heterocycles. The Balaban J connectivity index is 0.000000468.